The van der Waals surface area contributed by atoms with Crippen molar-refractivity contribution < 1.29 is 91.1 Å². The molecule has 0 aromatic heterocycles. The lowest BCUT2D eigenvalue weighted by atomic mass is 9.74. The highest BCUT2D eigenvalue weighted by Crippen LogP contribution is 2.41. The molecule has 22 nitrogen and oxygen atoms in total. The number of amides is 1. The number of morpholine rings is 1. The zero-order chi connectivity index (χ0) is 58.1. The van der Waals surface area contributed by atoms with E-state index in [9.17, 15) is 19.8 Å². The fraction of sp³-hybridized carbons (Fsp3) is 0.911. The molecule has 0 bridgehead atoms. The SMILES string of the molecule is CO/N=C1\C[C@@H](C)O[C@@H](O[C@@H]2[C@@H](C)[C@H](O[C@H]3C[C@@H](C)N(C)C[C@H](C)O3)[C@@H](C)C(=O)O[C@H]([C@@H](C)CO[C@@H]3O[C@H](C)[C@@H](O)[C@@H](OC)[C@H]3OC)[C@H](C)[C@@H](OC(=O)CC(C)C)[C@@H](C)C(=O)[C@@](C)(OC(=O)N3CCO[C@H](C)C3)C[C@@H]2C)[C@@H]1O. The summed E-state index contributed by atoms with van der Waals surface area (Å²) >= 11 is 0. The third kappa shape index (κ3) is 16.5. The van der Waals surface area contributed by atoms with Gasteiger partial charge in [-0.3, -0.25) is 14.4 Å². The molecule has 0 unspecified atom stereocenters. The van der Waals surface area contributed by atoms with Crippen molar-refractivity contribution in [2.24, 2.45) is 46.6 Å². The van der Waals surface area contributed by atoms with Gasteiger partial charge in [-0.05, 0) is 73.8 Å². The number of esters is 2. The number of cyclic esters (lactones) is 1. The second kappa shape index (κ2) is 29.2. The van der Waals surface area contributed by atoms with Crippen LogP contribution in [0.2, 0.25) is 0 Å². The number of Topliss-reactive ketones (excluding diaryl/α,β-unsaturated/α-hetero) is 1. The van der Waals surface area contributed by atoms with Gasteiger partial charge in [0.05, 0.1) is 73.9 Å². The number of methoxy groups -OCH3 is 2. The van der Waals surface area contributed by atoms with Gasteiger partial charge < -0.3 is 81.7 Å². The number of likely N-dealkylation sites (N-methyl/N-ethyl adjacent to an activating group) is 1. The van der Waals surface area contributed by atoms with Crippen molar-refractivity contribution in [3.05, 3.63) is 0 Å². The first-order chi connectivity index (χ1) is 36.6. The molecule has 22 heteroatoms. The number of rotatable bonds is 15. The molecule has 0 radical (unpaired) electrons. The summed E-state index contributed by atoms with van der Waals surface area (Å²) in [5.74, 6) is -7.27. The molecule has 0 aromatic rings. The highest BCUT2D eigenvalue weighted by atomic mass is 16.7. The van der Waals surface area contributed by atoms with Gasteiger partial charge in [0.1, 0.15) is 43.7 Å². The minimum atomic E-state index is -1.93. The van der Waals surface area contributed by atoms with E-state index < -0.39 is 145 Å². The molecule has 5 aliphatic rings. The van der Waals surface area contributed by atoms with Crippen molar-refractivity contribution in [1.29, 1.82) is 0 Å². The highest BCUT2D eigenvalue weighted by Gasteiger charge is 2.53. The maximum Gasteiger partial charge on any atom is 0.410 e. The summed E-state index contributed by atoms with van der Waals surface area (Å²) < 4.78 is 76.4. The van der Waals surface area contributed by atoms with Gasteiger partial charge in [0.15, 0.2) is 30.3 Å². The van der Waals surface area contributed by atoms with Crippen LogP contribution in [-0.2, 0) is 76.1 Å². The summed E-state index contributed by atoms with van der Waals surface area (Å²) in [7, 11) is 6.32. The van der Waals surface area contributed by atoms with Crippen molar-refractivity contribution in [2.45, 2.75) is 226 Å². The van der Waals surface area contributed by atoms with Gasteiger partial charge in [0.2, 0.25) is 0 Å². The molecule has 0 spiro atoms. The van der Waals surface area contributed by atoms with E-state index in [1.807, 2.05) is 62.4 Å². The summed E-state index contributed by atoms with van der Waals surface area (Å²) in [5, 5.41) is 26.9. The normalized spacial score (nSPS) is 42.1. The number of nitrogens with zero attached hydrogens (tertiary/aromatic N) is 3. The number of carbonyl (C=O) groups is 4. The molecule has 2 N–H and O–H groups in total. The third-order valence-electron chi connectivity index (χ3n) is 16.4. The predicted octanol–water partition coefficient (Wildman–Crippen LogP) is 5.14. The number of ketones is 1. The minimum absolute atomic E-state index is 0.0155. The molecule has 0 saturated carbocycles. The lowest BCUT2D eigenvalue weighted by molar-refractivity contribution is -0.305. The first-order valence-electron chi connectivity index (χ1n) is 28.3. The lowest BCUT2D eigenvalue weighted by Crippen LogP contribution is -2.59. The van der Waals surface area contributed by atoms with Crippen LogP contribution in [0.25, 0.3) is 0 Å². The van der Waals surface area contributed by atoms with Crippen LogP contribution in [0.5, 0.6) is 0 Å². The van der Waals surface area contributed by atoms with Gasteiger partial charge in [-0.2, -0.15) is 0 Å². The quantitative estimate of drug-likeness (QED) is 0.122. The number of oxime groups is 1. The summed E-state index contributed by atoms with van der Waals surface area (Å²) in [6, 6.07) is 0.0169. The van der Waals surface area contributed by atoms with Crippen LogP contribution < -0.4 is 0 Å². The van der Waals surface area contributed by atoms with Crippen molar-refractivity contribution in [2.75, 3.05) is 61.2 Å². The van der Waals surface area contributed by atoms with E-state index in [-0.39, 0.29) is 69.7 Å². The topological polar surface area (TPSA) is 248 Å². The van der Waals surface area contributed by atoms with E-state index >= 15 is 9.59 Å². The van der Waals surface area contributed by atoms with Gasteiger partial charge in [0, 0.05) is 70.4 Å². The van der Waals surface area contributed by atoms with Crippen LogP contribution in [-0.4, -0.2) is 215 Å². The van der Waals surface area contributed by atoms with Gasteiger partial charge in [0.25, 0.3) is 0 Å². The van der Waals surface area contributed by atoms with Gasteiger partial charge in [-0.1, -0.05) is 53.6 Å². The lowest BCUT2D eigenvalue weighted by Gasteiger charge is -2.45. The van der Waals surface area contributed by atoms with Crippen molar-refractivity contribution in [3.63, 3.8) is 0 Å². The molecule has 5 heterocycles. The fourth-order valence-electron chi connectivity index (χ4n) is 12.0. The number of aliphatic hydroxyl groups excluding tert-OH is 2. The number of carbonyl (C=O) groups excluding carboxylic acids is 4. The van der Waals surface area contributed by atoms with Crippen LogP contribution in [0.4, 0.5) is 4.79 Å². The molecule has 450 valence electrons. The third-order valence-corrected chi connectivity index (χ3v) is 16.4. The molecule has 5 rings (SSSR count). The van der Waals surface area contributed by atoms with Crippen molar-refractivity contribution in [1.82, 2.24) is 9.80 Å². The smallest absolute Gasteiger partial charge is 0.410 e. The number of hydrogen-bond donors (Lipinski definition) is 2. The zero-order valence-electron chi connectivity index (χ0n) is 49.8. The average Bonchev–Trinajstić information content (AvgIpc) is 3.53. The number of aliphatic hydroxyl groups is 2. The molecule has 0 aromatic carbocycles. The van der Waals surface area contributed by atoms with E-state index in [1.54, 1.807) is 34.6 Å². The minimum Gasteiger partial charge on any atom is -0.461 e. The Bertz CT molecular complexity index is 1970. The average molecular weight is 1120 g/mol. The maximum absolute atomic E-state index is 15.9. The highest BCUT2D eigenvalue weighted by molar-refractivity contribution is 5.91. The number of hydrogen-bond acceptors (Lipinski definition) is 21. The molecular weight excluding hydrogens is 1020 g/mol. The Kier molecular flexibility index (Phi) is 24.6. The van der Waals surface area contributed by atoms with Gasteiger partial charge in [-0.25, -0.2) is 4.79 Å². The summed E-state index contributed by atoms with van der Waals surface area (Å²) in [4.78, 5) is 68.6. The fourth-order valence-corrected chi connectivity index (χ4v) is 12.0. The molecule has 5 saturated heterocycles. The summed E-state index contributed by atoms with van der Waals surface area (Å²) in [5.41, 5.74) is -1.63. The molecular formula is C56H97N3O19. The largest absolute Gasteiger partial charge is 0.461 e. The Morgan fingerprint density at radius 1 is 0.795 bits per heavy atom. The van der Waals surface area contributed by atoms with Gasteiger partial charge >= 0.3 is 18.0 Å². The monoisotopic (exact) mass is 1120 g/mol. The maximum atomic E-state index is 15.9. The number of ether oxygens (including phenoxy) is 12. The van der Waals surface area contributed by atoms with E-state index in [2.05, 4.69) is 17.0 Å². The van der Waals surface area contributed by atoms with E-state index in [0.29, 0.717) is 18.7 Å². The summed E-state index contributed by atoms with van der Waals surface area (Å²) in [6.07, 6.45) is -13.5. The second-order valence-corrected chi connectivity index (χ2v) is 23.8. The van der Waals surface area contributed by atoms with E-state index in [4.69, 9.17) is 61.7 Å². The van der Waals surface area contributed by atoms with E-state index in [0.717, 1.165) is 0 Å². The Morgan fingerprint density at radius 2 is 1.47 bits per heavy atom. The summed E-state index contributed by atoms with van der Waals surface area (Å²) in [6.45, 7) is 26.5. The van der Waals surface area contributed by atoms with Crippen LogP contribution in [0.3, 0.4) is 0 Å². The molecule has 78 heavy (non-hydrogen) atoms. The Hall–Kier alpha value is -3.13. The first kappa shape index (κ1) is 65.7. The van der Waals surface area contributed by atoms with E-state index in [1.165, 1.54) is 26.2 Å². The van der Waals surface area contributed by atoms with Crippen LogP contribution in [0, 0.1) is 41.4 Å². The second-order valence-electron chi connectivity index (χ2n) is 23.8. The molecule has 5 aliphatic heterocycles. The van der Waals surface area contributed by atoms with Gasteiger partial charge in [-0.15, -0.1) is 0 Å². The van der Waals surface area contributed by atoms with Crippen molar-refractivity contribution >= 4 is 29.5 Å². The standard InChI is InChI=1S/C56H97N3O19/c1-28(2)21-41(60)74-47-36(10)46(30(4)27-70-54-50(67-17)49(66-16)43(61)39(13)73-54)76-52(64)38(12)48(75-42-22-31(5)58(15)25-34(8)71-42)35(9)45(77-53-44(62)40(57-68-18)23-32(6)72-53)29(3)24-56(14,51(63)37(47)11)78-55(65)59-19-20-69-33(7)26-59/h28-39,42-50,53-54,61-62H,19-27H2,1-18H3/b57-40+/t29-,30-,31+,32+,33+,34-,35+,36-,37+,38+,39+,42-,43+,44+,45-,46+,47+,48-,49+,50+,53-,54+,56-/m0/s1. The first-order valence-corrected chi connectivity index (χ1v) is 28.3. The van der Waals surface area contributed by atoms with Crippen LogP contribution in [0.15, 0.2) is 5.16 Å². The van der Waals surface area contributed by atoms with Crippen LogP contribution in [0.1, 0.15) is 123 Å². The Morgan fingerprint density at radius 3 is 2.10 bits per heavy atom. The molecule has 5 fully saturated rings. The molecule has 23 atom stereocenters. The Labute approximate surface area is 463 Å². The molecule has 0 aliphatic carbocycles. The Balaban J connectivity index is 1.71. The molecule has 1 amide bonds. The van der Waals surface area contributed by atoms with Crippen LogP contribution >= 0.6 is 0 Å². The zero-order valence-corrected chi connectivity index (χ0v) is 49.8. The van der Waals surface area contributed by atoms with Crippen molar-refractivity contribution in [3.8, 4) is 0 Å². The predicted molar refractivity (Wildman–Crippen MR) is 284 cm³/mol.